The van der Waals surface area contributed by atoms with Gasteiger partial charge in [0.05, 0.1) is 11.9 Å². The molecule has 1 aromatic heterocycles. The van der Waals surface area contributed by atoms with E-state index in [0.29, 0.717) is 5.69 Å². The quantitative estimate of drug-likeness (QED) is 0.818. The first kappa shape index (κ1) is 11.1. The van der Waals surface area contributed by atoms with Crippen molar-refractivity contribution >= 4 is 11.8 Å². The Morgan fingerprint density at radius 1 is 1.35 bits per heavy atom. The standard InChI is InChI=1S/C12H11N3O2/c1-7-4-2-3-5-8(7)9-6-14-11(13)10(15-9)12(16)17/h2-6H,1H3,(H2,13,14)(H,16,17). The van der Waals surface area contributed by atoms with Gasteiger partial charge in [-0.3, -0.25) is 0 Å². The Hall–Kier alpha value is -2.43. The number of carboxylic acid groups (broad SMARTS) is 1. The Balaban J connectivity index is 2.58. The fraction of sp³-hybridized carbons (Fsp3) is 0.0833. The summed E-state index contributed by atoms with van der Waals surface area (Å²) in [4.78, 5) is 18.8. The lowest BCUT2D eigenvalue weighted by atomic mass is 10.1. The number of carboxylic acids is 1. The van der Waals surface area contributed by atoms with Gasteiger partial charge in [0.1, 0.15) is 0 Å². The molecular weight excluding hydrogens is 218 g/mol. The number of anilines is 1. The van der Waals surface area contributed by atoms with E-state index in [1.807, 2.05) is 31.2 Å². The number of benzene rings is 1. The maximum absolute atomic E-state index is 10.9. The lowest BCUT2D eigenvalue weighted by Gasteiger charge is -2.06. The van der Waals surface area contributed by atoms with E-state index in [4.69, 9.17) is 10.8 Å². The zero-order valence-electron chi connectivity index (χ0n) is 9.21. The lowest BCUT2D eigenvalue weighted by molar-refractivity contribution is 0.0691. The molecule has 2 rings (SSSR count). The fourth-order valence-corrected chi connectivity index (χ4v) is 1.55. The minimum absolute atomic E-state index is 0.0742. The molecule has 1 heterocycles. The summed E-state index contributed by atoms with van der Waals surface area (Å²) in [6, 6.07) is 7.55. The second-order valence-corrected chi connectivity index (χ2v) is 3.61. The monoisotopic (exact) mass is 229 g/mol. The molecule has 0 unspecified atom stereocenters. The molecule has 0 spiro atoms. The van der Waals surface area contributed by atoms with E-state index in [1.165, 1.54) is 6.20 Å². The minimum atomic E-state index is -1.18. The first-order chi connectivity index (χ1) is 8.09. The van der Waals surface area contributed by atoms with E-state index >= 15 is 0 Å². The molecule has 3 N–H and O–H groups in total. The van der Waals surface area contributed by atoms with Gasteiger partial charge < -0.3 is 10.8 Å². The molecule has 5 nitrogen and oxygen atoms in total. The highest BCUT2D eigenvalue weighted by molar-refractivity contribution is 5.90. The van der Waals surface area contributed by atoms with Crippen molar-refractivity contribution in [3.63, 3.8) is 0 Å². The van der Waals surface area contributed by atoms with Crippen molar-refractivity contribution in [2.75, 3.05) is 5.73 Å². The zero-order chi connectivity index (χ0) is 12.4. The zero-order valence-corrected chi connectivity index (χ0v) is 9.21. The number of nitrogens with zero attached hydrogens (tertiary/aromatic N) is 2. The average molecular weight is 229 g/mol. The number of aryl methyl sites for hydroxylation is 1. The summed E-state index contributed by atoms with van der Waals surface area (Å²) in [5.74, 6) is -1.25. The number of aromatic nitrogens is 2. The van der Waals surface area contributed by atoms with Gasteiger partial charge in [-0.05, 0) is 12.5 Å². The summed E-state index contributed by atoms with van der Waals surface area (Å²) in [5, 5.41) is 8.92. The SMILES string of the molecule is Cc1ccccc1-c1cnc(N)c(C(=O)O)n1. The molecule has 0 radical (unpaired) electrons. The van der Waals surface area contributed by atoms with Gasteiger partial charge in [-0.2, -0.15) is 0 Å². The van der Waals surface area contributed by atoms with Crippen LogP contribution in [0.3, 0.4) is 0 Å². The highest BCUT2D eigenvalue weighted by Crippen LogP contribution is 2.21. The van der Waals surface area contributed by atoms with Crippen LogP contribution in [0.5, 0.6) is 0 Å². The molecule has 0 bridgehead atoms. The van der Waals surface area contributed by atoms with Crippen molar-refractivity contribution in [1.82, 2.24) is 9.97 Å². The molecule has 0 aliphatic carbocycles. The van der Waals surface area contributed by atoms with E-state index in [-0.39, 0.29) is 11.5 Å². The van der Waals surface area contributed by atoms with E-state index in [1.54, 1.807) is 0 Å². The normalized spacial score (nSPS) is 10.2. The largest absolute Gasteiger partial charge is 0.476 e. The second-order valence-electron chi connectivity index (χ2n) is 3.61. The summed E-state index contributed by atoms with van der Waals surface area (Å²) >= 11 is 0. The molecule has 0 aliphatic rings. The molecular formula is C12H11N3O2. The van der Waals surface area contributed by atoms with Gasteiger partial charge in [0.2, 0.25) is 0 Å². The van der Waals surface area contributed by atoms with Gasteiger partial charge in [-0.25, -0.2) is 14.8 Å². The maximum atomic E-state index is 10.9. The smallest absolute Gasteiger partial charge is 0.358 e. The Morgan fingerprint density at radius 3 is 2.71 bits per heavy atom. The number of aromatic carboxylic acids is 1. The number of hydrogen-bond donors (Lipinski definition) is 2. The van der Waals surface area contributed by atoms with Gasteiger partial charge in [0.15, 0.2) is 11.5 Å². The van der Waals surface area contributed by atoms with Crippen molar-refractivity contribution in [3.8, 4) is 11.3 Å². The Labute approximate surface area is 98.0 Å². The molecule has 0 aliphatic heterocycles. The van der Waals surface area contributed by atoms with Crippen LogP contribution in [0.25, 0.3) is 11.3 Å². The van der Waals surface area contributed by atoms with E-state index < -0.39 is 5.97 Å². The van der Waals surface area contributed by atoms with Crippen molar-refractivity contribution < 1.29 is 9.90 Å². The molecule has 0 saturated heterocycles. The van der Waals surface area contributed by atoms with Gasteiger partial charge in [-0.1, -0.05) is 24.3 Å². The number of rotatable bonds is 2. The molecule has 0 amide bonds. The molecule has 2 aromatic rings. The predicted molar refractivity (Wildman–Crippen MR) is 63.6 cm³/mol. The highest BCUT2D eigenvalue weighted by Gasteiger charge is 2.13. The molecule has 0 atom stereocenters. The molecule has 1 aromatic carbocycles. The van der Waals surface area contributed by atoms with Crippen molar-refractivity contribution in [1.29, 1.82) is 0 Å². The fourth-order valence-electron chi connectivity index (χ4n) is 1.55. The predicted octanol–water partition coefficient (Wildman–Crippen LogP) is 1.73. The van der Waals surface area contributed by atoms with Crippen LogP contribution in [0.4, 0.5) is 5.82 Å². The van der Waals surface area contributed by atoms with Crippen LogP contribution in [0, 0.1) is 6.92 Å². The van der Waals surface area contributed by atoms with Crippen LogP contribution in [-0.2, 0) is 0 Å². The van der Waals surface area contributed by atoms with Crippen molar-refractivity contribution in [3.05, 3.63) is 41.7 Å². The number of nitrogens with two attached hydrogens (primary N) is 1. The first-order valence-corrected chi connectivity index (χ1v) is 5.01. The molecule has 0 fully saturated rings. The average Bonchev–Trinajstić information content (AvgIpc) is 2.30. The number of hydrogen-bond acceptors (Lipinski definition) is 4. The van der Waals surface area contributed by atoms with E-state index in [2.05, 4.69) is 9.97 Å². The molecule has 17 heavy (non-hydrogen) atoms. The van der Waals surface area contributed by atoms with Crippen LogP contribution >= 0.6 is 0 Å². The summed E-state index contributed by atoms with van der Waals surface area (Å²) in [7, 11) is 0. The molecule has 0 saturated carbocycles. The third-order valence-corrected chi connectivity index (χ3v) is 2.42. The van der Waals surface area contributed by atoms with Gasteiger partial charge in [-0.15, -0.1) is 0 Å². The minimum Gasteiger partial charge on any atom is -0.476 e. The first-order valence-electron chi connectivity index (χ1n) is 5.01. The highest BCUT2D eigenvalue weighted by atomic mass is 16.4. The van der Waals surface area contributed by atoms with Gasteiger partial charge >= 0.3 is 5.97 Å². The van der Waals surface area contributed by atoms with Gasteiger partial charge in [0.25, 0.3) is 0 Å². The second kappa shape index (κ2) is 4.21. The molecule has 86 valence electrons. The lowest BCUT2D eigenvalue weighted by Crippen LogP contribution is -2.08. The van der Waals surface area contributed by atoms with Crippen LogP contribution < -0.4 is 5.73 Å². The van der Waals surface area contributed by atoms with Crippen LogP contribution in [0.2, 0.25) is 0 Å². The van der Waals surface area contributed by atoms with Crippen LogP contribution in [0.15, 0.2) is 30.5 Å². The van der Waals surface area contributed by atoms with E-state index in [0.717, 1.165) is 11.1 Å². The number of nitrogen functional groups attached to an aromatic ring is 1. The van der Waals surface area contributed by atoms with Crippen LogP contribution in [-0.4, -0.2) is 21.0 Å². The maximum Gasteiger partial charge on any atom is 0.358 e. The van der Waals surface area contributed by atoms with Crippen molar-refractivity contribution in [2.45, 2.75) is 6.92 Å². The third kappa shape index (κ3) is 2.08. The topological polar surface area (TPSA) is 89.1 Å². The summed E-state index contributed by atoms with van der Waals surface area (Å²) in [5.41, 5.74) is 7.60. The summed E-state index contributed by atoms with van der Waals surface area (Å²) in [6.07, 6.45) is 1.48. The Kier molecular flexibility index (Phi) is 2.74. The Bertz CT molecular complexity index is 582. The van der Waals surface area contributed by atoms with Gasteiger partial charge in [0, 0.05) is 5.56 Å². The third-order valence-electron chi connectivity index (χ3n) is 2.42. The van der Waals surface area contributed by atoms with Crippen LogP contribution in [0.1, 0.15) is 16.1 Å². The number of carbonyl (C=O) groups is 1. The summed E-state index contributed by atoms with van der Waals surface area (Å²) < 4.78 is 0. The Morgan fingerprint density at radius 2 is 2.06 bits per heavy atom. The molecule has 5 heteroatoms. The summed E-state index contributed by atoms with van der Waals surface area (Å²) in [6.45, 7) is 1.92. The van der Waals surface area contributed by atoms with E-state index in [9.17, 15) is 4.79 Å². The van der Waals surface area contributed by atoms with Crippen molar-refractivity contribution in [2.24, 2.45) is 0 Å².